The van der Waals surface area contributed by atoms with Gasteiger partial charge in [0, 0.05) is 17.3 Å². The summed E-state index contributed by atoms with van der Waals surface area (Å²) in [5.41, 5.74) is 2.46. The van der Waals surface area contributed by atoms with Gasteiger partial charge in [0.2, 0.25) is 5.75 Å². The number of rotatable bonds is 6. The van der Waals surface area contributed by atoms with E-state index in [-0.39, 0.29) is 23.9 Å². The van der Waals surface area contributed by atoms with Crippen LogP contribution in [0, 0.1) is 11.3 Å². The van der Waals surface area contributed by atoms with E-state index < -0.39 is 6.10 Å². The van der Waals surface area contributed by atoms with Crippen molar-refractivity contribution >= 4 is 17.4 Å². The minimum absolute atomic E-state index is 0.0690. The van der Waals surface area contributed by atoms with Crippen molar-refractivity contribution in [1.82, 2.24) is 0 Å². The fourth-order valence-corrected chi connectivity index (χ4v) is 3.85. The summed E-state index contributed by atoms with van der Waals surface area (Å²) in [7, 11) is 4.41. The van der Waals surface area contributed by atoms with Gasteiger partial charge in [-0.15, -0.1) is 0 Å². The second kappa shape index (κ2) is 9.55. The summed E-state index contributed by atoms with van der Waals surface area (Å²) in [6.45, 7) is 0. The van der Waals surface area contributed by atoms with Crippen LogP contribution in [0.1, 0.15) is 44.4 Å². The Kier molecular flexibility index (Phi) is 6.37. The molecule has 0 bridgehead atoms. The minimum atomic E-state index is -0.592. The number of ketones is 1. The number of nitrogens with zero attached hydrogens (tertiary/aromatic N) is 1. The van der Waals surface area contributed by atoms with Crippen molar-refractivity contribution in [2.45, 2.75) is 12.5 Å². The normalized spacial score (nSPS) is 14.3. The number of nitriles is 1. The molecule has 172 valence electrons. The van der Waals surface area contributed by atoms with Crippen LogP contribution in [0.5, 0.6) is 23.0 Å². The van der Waals surface area contributed by atoms with E-state index in [1.54, 1.807) is 54.6 Å². The summed E-state index contributed by atoms with van der Waals surface area (Å²) in [5.74, 6) is 0.792. The molecule has 1 unspecified atom stereocenters. The maximum absolute atomic E-state index is 13.1. The molecule has 34 heavy (non-hydrogen) atoms. The van der Waals surface area contributed by atoms with Crippen LogP contribution in [0.25, 0.3) is 0 Å². The van der Waals surface area contributed by atoms with Crippen molar-refractivity contribution in [3.8, 4) is 29.1 Å². The lowest BCUT2D eigenvalue weighted by Crippen LogP contribution is -2.22. The summed E-state index contributed by atoms with van der Waals surface area (Å²) >= 11 is 0. The first-order valence-electron chi connectivity index (χ1n) is 10.4. The van der Waals surface area contributed by atoms with Crippen molar-refractivity contribution in [3.05, 3.63) is 76.9 Å². The monoisotopic (exact) mass is 458 g/mol. The molecule has 1 amide bonds. The van der Waals surface area contributed by atoms with Gasteiger partial charge >= 0.3 is 0 Å². The Morgan fingerprint density at radius 3 is 2.41 bits per heavy atom. The summed E-state index contributed by atoms with van der Waals surface area (Å²) in [6, 6.07) is 17.1. The molecule has 1 N–H and O–H groups in total. The number of hydrogen-bond donors (Lipinski definition) is 1. The Labute approximate surface area is 196 Å². The summed E-state index contributed by atoms with van der Waals surface area (Å²) in [5, 5.41) is 11.7. The van der Waals surface area contributed by atoms with Gasteiger partial charge in [-0.05, 0) is 42.0 Å². The van der Waals surface area contributed by atoms with E-state index in [1.165, 1.54) is 21.3 Å². The molecule has 0 aromatic heterocycles. The molecular formula is C26H22N2O6. The molecule has 0 spiro atoms. The van der Waals surface area contributed by atoms with Crippen molar-refractivity contribution in [3.63, 3.8) is 0 Å². The second-order valence-electron chi connectivity index (χ2n) is 7.52. The Balaban J connectivity index is 1.61. The average Bonchev–Trinajstić information content (AvgIpc) is 2.87. The zero-order chi connectivity index (χ0) is 24.2. The molecule has 4 rings (SSSR count). The lowest BCUT2D eigenvalue weighted by molar-refractivity contribution is 0.0842. The molecule has 0 saturated carbocycles. The number of methoxy groups -OCH3 is 3. The predicted molar refractivity (Wildman–Crippen MR) is 124 cm³/mol. The van der Waals surface area contributed by atoms with Crippen LogP contribution in [0.3, 0.4) is 0 Å². The van der Waals surface area contributed by atoms with Gasteiger partial charge in [-0.1, -0.05) is 12.1 Å². The predicted octanol–water partition coefficient (Wildman–Crippen LogP) is 4.54. The number of fused-ring (bicyclic) bond motifs is 1. The third-order valence-electron chi connectivity index (χ3n) is 5.51. The summed E-state index contributed by atoms with van der Waals surface area (Å²) in [6.07, 6.45) is -0.523. The molecule has 0 radical (unpaired) electrons. The van der Waals surface area contributed by atoms with E-state index in [9.17, 15) is 9.59 Å². The number of hydrogen-bond acceptors (Lipinski definition) is 7. The van der Waals surface area contributed by atoms with Gasteiger partial charge in [-0.2, -0.15) is 5.26 Å². The number of Topliss-reactive ketones (excluding diaryl/α,β-unsaturated/α-hetero) is 1. The summed E-state index contributed by atoms with van der Waals surface area (Å²) in [4.78, 5) is 25.8. The number of carbonyl (C=O) groups is 2. The quantitative estimate of drug-likeness (QED) is 0.578. The topological polar surface area (TPSA) is 107 Å². The molecule has 0 aliphatic carbocycles. The first-order valence-corrected chi connectivity index (χ1v) is 10.4. The van der Waals surface area contributed by atoms with E-state index in [0.29, 0.717) is 45.2 Å². The van der Waals surface area contributed by atoms with Gasteiger partial charge in [-0.25, -0.2) is 0 Å². The lowest BCUT2D eigenvalue weighted by Gasteiger charge is -2.28. The second-order valence-corrected chi connectivity index (χ2v) is 7.52. The highest BCUT2D eigenvalue weighted by atomic mass is 16.5. The van der Waals surface area contributed by atoms with Crippen LogP contribution in [0.15, 0.2) is 54.6 Å². The Bertz CT molecular complexity index is 1290. The molecule has 1 aliphatic heterocycles. The SMILES string of the molecule is COc1cc2c(c(OC)c1OC)C(=O)CC(c1cccc(C(=O)Nc3ccc(C#N)cc3)c1)O2. The lowest BCUT2D eigenvalue weighted by atomic mass is 9.94. The summed E-state index contributed by atoms with van der Waals surface area (Å²) < 4.78 is 22.3. The van der Waals surface area contributed by atoms with Crippen LogP contribution in [-0.2, 0) is 0 Å². The third kappa shape index (κ3) is 4.24. The van der Waals surface area contributed by atoms with Gasteiger partial charge in [0.25, 0.3) is 5.91 Å². The van der Waals surface area contributed by atoms with Gasteiger partial charge in [0.1, 0.15) is 17.4 Å². The molecular weight excluding hydrogens is 436 g/mol. The molecule has 8 nitrogen and oxygen atoms in total. The van der Waals surface area contributed by atoms with Crippen LogP contribution < -0.4 is 24.3 Å². The maximum Gasteiger partial charge on any atom is 0.255 e. The van der Waals surface area contributed by atoms with E-state index in [0.717, 1.165) is 0 Å². The number of anilines is 1. The third-order valence-corrected chi connectivity index (χ3v) is 5.51. The zero-order valence-electron chi connectivity index (χ0n) is 18.9. The number of nitrogens with one attached hydrogen (secondary N) is 1. The molecule has 3 aromatic carbocycles. The average molecular weight is 458 g/mol. The number of carbonyl (C=O) groups excluding carboxylic acids is 2. The first kappa shape index (κ1) is 22.7. The number of ether oxygens (including phenoxy) is 4. The fourth-order valence-electron chi connectivity index (χ4n) is 3.85. The Morgan fingerprint density at radius 1 is 1.03 bits per heavy atom. The number of benzene rings is 3. The van der Waals surface area contributed by atoms with Crippen LogP contribution in [-0.4, -0.2) is 33.0 Å². The van der Waals surface area contributed by atoms with E-state index in [1.807, 2.05) is 6.07 Å². The van der Waals surface area contributed by atoms with Gasteiger partial charge in [0.15, 0.2) is 17.3 Å². The number of amides is 1. The highest BCUT2D eigenvalue weighted by Crippen LogP contribution is 2.49. The van der Waals surface area contributed by atoms with E-state index in [4.69, 9.17) is 24.2 Å². The largest absolute Gasteiger partial charge is 0.493 e. The minimum Gasteiger partial charge on any atom is -0.493 e. The van der Waals surface area contributed by atoms with Crippen LogP contribution >= 0.6 is 0 Å². The standard InChI is InChI=1S/C26H22N2O6/c1-31-22-13-21-23(25(33-3)24(22)32-2)19(29)12-20(34-21)16-5-4-6-17(11-16)26(30)28-18-9-7-15(14-27)8-10-18/h4-11,13,20H,12H2,1-3H3,(H,28,30). The molecule has 1 aliphatic rings. The van der Waals surface area contributed by atoms with Gasteiger partial charge in [-0.3, -0.25) is 9.59 Å². The zero-order valence-corrected chi connectivity index (χ0v) is 18.9. The maximum atomic E-state index is 13.1. The van der Waals surface area contributed by atoms with Crippen molar-refractivity contribution < 1.29 is 28.5 Å². The van der Waals surface area contributed by atoms with Gasteiger partial charge in [0.05, 0.1) is 39.4 Å². The Hall–Kier alpha value is -4.51. The smallest absolute Gasteiger partial charge is 0.255 e. The van der Waals surface area contributed by atoms with Crippen LogP contribution in [0.2, 0.25) is 0 Å². The van der Waals surface area contributed by atoms with E-state index in [2.05, 4.69) is 5.32 Å². The van der Waals surface area contributed by atoms with Crippen LogP contribution in [0.4, 0.5) is 5.69 Å². The Morgan fingerprint density at radius 2 is 1.76 bits per heavy atom. The molecule has 1 heterocycles. The fraction of sp³-hybridized carbons (Fsp3) is 0.192. The highest BCUT2D eigenvalue weighted by molar-refractivity contribution is 6.05. The molecule has 3 aromatic rings. The highest BCUT2D eigenvalue weighted by Gasteiger charge is 2.34. The molecule has 1 atom stereocenters. The molecule has 8 heteroatoms. The molecule has 0 saturated heterocycles. The van der Waals surface area contributed by atoms with Gasteiger partial charge < -0.3 is 24.3 Å². The van der Waals surface area contributed by atoms with Crippen molar-refractivity contribution in [1.29, 1.82) is 5.26 Å². The molecule has 0 fully saturated rings. The first-order chi connectivity index (χ1) is 16.5. The van der Waals surface area contributed by atoms with Crippen molar-refractivity contribution in [2.75, 3.05) is 26.6 Å². The van der Waals surface area contributed by atoms with E-state index >= 15 is 0 Å². The van der Waals surface area contributed by atoms with Crippen molar-refractivity contribution in [2.24, 2.45) is 0 Å².